The number of alkyl halides is 3. The van der Waals surface area contributed by atoms with Gasteiger partial charge < -0.3 is 0 Å². The Balaban J connectivity index is 3.19. The molecule has 0 aliphatic rings. The molecule has 0 saturated heterocycles. The van der Waals surface area contributed by atoms with Gasteiger partial charge in [0, 0.05) is 5.69 Å². The van der Waals surface area contributed by atoms with Crippen LogP contribution in [0.4, 0.5) is 18.9 Å². The molecule has 1 aromatic carbocycles. The summed E-state index contributed by atoms with van der Waals surface area (Å²) in [6, 6.07) is 5.14. The molecule has 18 heavy (non-hydrogen) atoms. The second-order valence-electron chi connectivity index (χ2n) is 3.85. The molecule has 0 aliphatic heterocycles. The van der Waals surface area contributed by atoms with Gasteiger partial charge in [-0.25, -0.2) is 0 Å². The van der Waals surface area contributed by atoms with Crippen molar-refractivity contribution in [3.05, 3.63) is 29.8 Å². The molecule has 0 bridgehead atoms. The fraction of sp³-hybridized carbons (Fsp3) is 0.308. The Bertz CT molecular complexity index is 470. The lowest BCUT2D eigenvalue weighted by Gasteiger charge is -2.26. The van der Waals surface area contributed by atoms with E-state index in [2.05, 4.69) is 5.92 Å². The first-order valence-corrected chi connectivity index (χ1v) is 5.20. The van der Waals surface area contributed by atoms with Crippen molar-refractivity contribution in [3.8, 4) is 12.3 Å². The van der Waals surface area contributed by atoms with Crippen LogP contribution in [0, 0.1) is 19.3 Å². The Kier molecular flexibility index (Phi) is 4.02. The predicted molar refractivity (Wildman–Crippen MR) is 63.0 cm³/mol. The molecule has 1 atom stereocenters. The summed E-state index contributed by atoms with van der Waals surface area (Å²) in [7, 11) is 0. The number of carbonyl (C=O) groups is 1. The molecule has 0 spiro atoms. The summed E-state index contributed by atoms with van der Waals surface area (Å²) < 4.78 is 37.5. The Labute approximate surface area is 103 Å². The van der Waals surface area contributed by atoms with E-state index in [4.69, 9.17) is 6.42 Å². The third-order valence-electron chi connectivity index (χ3n) is 2.40. The van der Waals surface area contributed by atoms with Crippen molar-refractivity contribution >= 4 is 11.6 Å². The number of terminal acetylenes is 1. The van der Waals surface area contributed by atoms with Gasteiger partial charge in [-0.2, -0.15) is 13.2 Å². The Morgan fingerprint density at radius 1 is 1.33 bits per heavy atom. The molecule has 2 nitrogen and oxygen atoms in total. The summed E-state index contributed by atoms with van der Waals surface area (Å²) in [5, 5.41) is 0. The van der Waals surface area contributed by atoms with E-state index in [1.165, 1.54) is 19.1 Å². The van der Waals surface area contributed by atoms with Crippen molar-refractivity contribution < 1.29 is 18.0 Å². The van der Waals surface area contributed by atoms with Gasteiger partial charge in [0.1, 0.15) is 0 Å². The predicted octanol–water partition coefficient (Wildman–Crippen LogP) is 2.91. The lowest BCUT2D eigenvalue weighted by atomic mass is 10.2. The topological polar surface area (TPSA) is 20.3 Å². The first-order chi connectivity index (χ1) is 8.27. The van der Waals surface area contributed by atoms with Gasteiger partial charge in [-0.1, -0.05) is 23.6 Å². The molecule has 96 valence electrons. The van der Waals surface area contributed by atoms with Crippen molar-refractivity contribution in [2.75, 3.05) is 4.90 Å². The second-order valence-corrected chi connectivity index (χ2v) is 3.85. The summed E-state index contributed by atoms with van der Waals surface area (Å²) in [5.74, 6) is 0.175. The molecule has 0 aromatic heterocycles. The van der Waals surface area contributed by atoms with Crippen LogP contribution in [0.1, 0.15) is 12.5 Å². The van der Waals surface area contributed by atoms with E-state index in [0.29, 0.717) is 4.90 Å². The minimum Gasteiger partial charge on any atom is -0.291 e. The zero-order chi connectivity index (χ0) is 13.9. The van der Waals surface area contributed by atoms with Crippen LogP contribution in [0.3, 0.4) is 0 Å². The number of aryl methyl sites for hydroxylation is 1. The minimum absolute atomic E-state index is 0.133. The number of hydrogen-bond acceptors (Lipinski definition) is 1. The molecule has 0 saturated carbocycles. The van der Waals surface area contributed by atoms with E-state index in [9.17, 15) is 18.0 Å². The lowest BCUT2D eigenvalue weighted by molar-refractivity contribution is -0.170. The van der Waals surface area contributed by atoms with Gasteiger partial charge in [0.05, 0.1) is 6.04 Å². The Hall–Kier alpha value is -1.96. The van der Waals surface area contributed by atoms with Gasteiger partial charge in [0.25, 0.3) is 0 Å². The highest BCUT2D eigenvalue weighted by molar-refractivity contribution is 5.98. The summed E-state index contributed by atoms with van der Waals surface area (Å²) in [4.78, 5) is 11.9. The molecule has 0 fully saturated rings. The van der Waals surface area contributed by atoms with Crippen LogP contribution in [-0.4, -0.2) is 18.1 Å². The van der Waals surface area contributed by atoms with Crippen LogP contribution in [0.25, 0.3) is 0 Å². The quantitative estimate of drug-likeness (QED) is 0.744. The van der Waals surface area contributed by atoms with E-state index < -0.39 is 18.1 Å². The number of rotatable bonds is 2. The maximum atomic E-state index is 12.5. The van der Waals surface area contributed by atoms with Gasteiger partial charge in [-0.3, -0.25) is 9.69 Å². The van der Waals surface area contributed by atoms with E-state index in [-0.39, 0.29) is 5.69 Å². The van der Waals surface area contributed by atoms with Gasteiger partial charge in [0.2, 0.25) is 0 Å². The summed E-state index contributed by atoms with van der Waals surface area (Å²) >= 11 is 0. The zero-order valence-electron chi connectivity index (χ0n) is 9.95. The Morgan fingerprint density at radius 2 is 1.83 bits per heavy atom. The van der Waals surface area contributed by atoms with Crippen LogP contribution in [0.2, 0.25) is 0 Å². The average molecular weight is 255 g/mol. The van der Waals surface area contributed by atoms with Crippen molar-refractivity contribution in [3.63, 3.8) is 0 Å². The molecule has 1 aromatic rings. The molecule has 1 amide bonds. The van der Waals surface area contributed by atoms with Crippen LogP contribution < -0.4 is 4.90 Å². The largest absolute Gasteiger partial charge is 0.471 e. The number of carbonyl (C=O) groups excluding carboxylic acids is 1. The van der Waals surface area contributed by atoms with Crippen molar-refractivity contribution in [2.24, 2.45) is 0 Å². The number of benzene rings is 1. The molecule has 0 radical (unpaired) electrons. The number of nitrogens with zero attached hydrogens (tertiary/aromatic N) is 1. The minimum atomic E-state index is -4.95. The van der Waals surface area contributed by atoms with E-state index in [0.717, 1.165) is 5.56 Å². The monoisotopic (exact) mass is 255 g/mol. The standard InChI is InChI=1S/C13H12F3NO/c1-4-10(3)17(12(18)13(14,15)16)11-7-5-9(2)6-8-11/h1,5-8,10H,2-3H3/t10-/m1/s1. The maximum absolute atomic E-state index is 12.5. The molecular formula is C13H12F3NO. The van der Waals surface area contributed by atoms with Gasteiger partial charge >= 0.3 is 12.1 Å². The van der Waals surface area contributed by atoms with Crippen LogP contribution in [0.15, 0.2) is 24.3 Å². The summed E-state index contributed by atoms with van der Waals surface area (Å²) in [6.07, 6.45) is 0.162. The molecule has 5 heteroatoms. The van der Waals surface area contributed by atoms with Crippen LogP contribution in [0.5, 0.6) is 0 Å². The second kappa shape index (κ2) is 5.13. The number of anilines is 1. The lowest BCUT2D eigenvalue weighted by Crippen LogP contribution is -2.45. The number of halogens is 3. The molecule has 0 unspecified atom stereocenters. The number of amides is 1. The summed E-state index contributed by atoms with van der Waals surface area (Å²) in [5.41, 5.74) is 1.01. The van der Waals surface area contributed by atoms with Crippen molar-refractivity contribution in [1.29, 1.82) is 0 Å². The molecular weight excluding hydrogens is 243 g/mol. The van der Waals surface area contributed by atoms with Crippen LogP contribution in [-0.2, 0) is 4.79 Å². The average Bonchev–Trinajstić information content (AvgIpc) is 2.30. The molecule has 0 N–H and O–H groups in total. The molecule has 1 rings (SSSR count). The highest BCUT2D eigenvalue weighted by Crippen LogP contribution is 2.25. The van der Waals surface area contributed by atoms with E-state index in [1.54, 1.807) is 19.1 Å². The van der Waals surface area contributed by atoms with Gasteiger partial charge in [-0.15, -0.1) is 6.42 Å². The third-order valence-corrected chi connectivity index (χ3v) is 2.40. The SMILES string of the molecule is C#C[C@@H](C)N(C(=O)C(F)(F)F)c1ccc(C)cc1. The fourth-order valence-corrected chi connectivity index (χ4v) is 1.43. The maximum Gasteiger partial charge on any atom is 0.471 e. The van der Waals surface area contributed by atoms with Gasteiger partial charge in [-0.05, 0) is 26.0 Å². The molecule has 0 heterocycles. The molecule has 0 aliphatic carbocycles. The van der Waals surface area contributed by atoms with E-state index >= 15 is 0 Å². The van der Waals surface area contributed by atoms with Crippen LogP contribution >= 0.6 is 0 Å². The fourth-order valence-electron chi connectivity index (χ4n) is 1.43. The van der Waals surface area contributed by atoms with Gasteiger partial charge in [0.15, 0.2) is 0 Å². The van der Waals surface area contributed by atoms with E-state index in [1.807, 2.05) is 0 Å². The highest BCUT2D eigenvalue weighted by Gasteiger charge is 2.44. The van der Waals surface area contributed by atoms with Crippen molar-refractivity contribution in [1.82, 2.24) is 0 Å². The smallest absolute Gasteiger partial charge is 0.291 e. The Morgan fingerprint density at radius 3 is 2.22 bits per heavy atom. The first-order valence-electron chi connectivity index (χ1n) is 5.20. The van der Waals surface area contributed by atoms with Crippen molar-refractivity contribution in [2.45, 2.75) is 26.1 Å². The normalized spacial score (nSPS) is 12.7. The first kappa shape index (κ1) is 14.1. The zero-order valence-corrected chi connectivity index (χ0v) is 9.95. The summed E-state index contributed by atoms with van der Waals surface area (Å²) in [6.45, 7) is 3.16. The number of hydrogen-bond donors (Lipinski definition) is 0. The highest BCUT2D eigenvalue weighted by atomic mass is 19.4. The third kappa shape index (κ3) is 3.04.